The summed E-state index contributed by atoms with van der Waals surface area (Å²) in [5, 5.41) is 41.3. The first-order valence-electron chi connectivity index (χ1n) is 10.8. The lowest BCUT2D eigenvalue weighted by Gasteiger charge is -2.40. The van der Waals surface area contributed by atoms with Gasteiger partial charge in [-0.05, 0) is 30.7 Å². The van der Waals surface area contributed by atoms with Crippen molar-refractivity contribution in [1.82, 2.24) is 5.32 Å². The van der Waals surface area contributed by atoms with E-state index in [0.29, 0.717) is 17.9 Å². The number of ether oxygens (including phenoxy) is 2. The molecule has 5 atom stereocenters. The van der Waals surface area contributed by atoms with Crippen molar-refractivity contribution in [2.75, 3.05) is 13.2 Å². The number of benzene rings is 1. The smallest absolute Gasteiger partial charge is 0.253 e. The van der Waals surface area contributed by atoms with Crippen LogP contribution in [0, 0.1) is 0 Å². The molecule has 30 heavy (non-hydrogen) atoms. The van der Waals surface area contributed by atoms with Gasteiger partial charge in [0.25, 0.3) is 5.91 Å². The van der Waals surface area contributed by atoms with E-state index in [-0.39, 0.29) is 0 Å². The fraction of sp³-hybridized carbons (Fsp3) is 0.682. The molecule has 0 radical (unpaired) electrons. The van der Waals surface area contributed by atoms with Crippen LogP contribution in [0.25, 0.3) is 0 Å². The summed E-state index contributed by atoms with van der Waals surface area (Å²) in [4.78, 5) is 12.4. The van der Waals surface area contributed by atoms with Crippen LogP contribution in [0.2, 0.25) is 0 Å². The van der Waals surface area contributed by atoms with E-state index in [9.17, 15) is 25.2 Å². The fourth-order valence-corrected chi connectivity index (χ4v) is 3.39. The van der Waals surface area contributed by atoms with Crippen molar-refractivity contribution < 1.29 is 34.7 Å². The van der Waals surface area contributed by atoms with Crippen LogP contribution in [-0.4, -0.2) is 70.2 Å². The lowest BCUT2D eigenvalue weighted by molar-refractivity contribution is -0.233. The van der Waals surface area contributed by atoms with Crippen molar-refractivity contribution in [1.29, 1.82) is 0 Å². The van der Waals surface area contributed by atoms with Crippen molar-refractivity contribution >= 4 is 5.91 Å². The zero-order valence-electron chi connectivity index (χ0n) is 17.6. The van der Waals surface area contributed by atoms with Gasteiger partial charge < -0.3 is 35.2 Å². The summed E-state index contributed by atoms with van der Waals surface area (Å²) in [5.41, 5.74) is 0.329. The van der Waals surface area contributed by atoms with Crippen LogP contribution in [0.1, 0.15) is 62.2 Å². The topological polar surface area (TPSA) is 128 Å². The normalized spacial score (nSPS) is 26.4. The van der Waals surface area contributed by atoms with Gasteiger partial charge in [-0.1, -0.05) is 45.4 Å². The Morgan fingerprint density at radius 3 is 2.23 bits per heavy atom. The molecule has 0 spiro atoms. The maximum atomic E-state index is 12.4. The molecule has 1 heterocycles. The van der Waals surface area contributed by atoms with Gasteiger partial charge in [-0.25, -0.2) is 0 Å². The molecule has 2 rings (SSSR count). The summed E-state index contributed by atoms with van der Waals surface area (Å²) in [6, 6.07) is 6.59. The number of rotatable bonds is 12. The summed E-state index contributed by atoms with van der Waals surface area (Å²) in [7, 11) is 0. The Bertz CT molecular complexity index is 622. The second kappa shape index (κ2) is 12.9. The Labute approximate surface area is 177 Å². The molecule has 0 bridgehead atoms. The number of aliphatic hydroxyl groups excluding tert-OH is 4. The highest BCUT2D eigenvalue weighted by Crippen LogP contribution is 2.20. The summed E-state index contributed by atoms with van der Waals surface area (Å²) >= 11 is 0. The van der Waals surface area contributed by atoms with Crippen LogP contribution >= 0.6 is 0 Å². The maximum Gasteiger partial charge on any atom is 0.253 e. The van der Waals surface area contributed by atoms with Gasteiger partial charge >= 0.3 is 0 Å². The molecule has 0 saturated carbocycles. The third-order valence-corrected chi connectivity index (χ3v) is 5.30. The molecule has 1 aromatic rings. The quantitative estimate of drug-likeness (QED) is 0.320. The summed E-state index contributed by atoms with van der Waals surface area (Å²) in [5.74, 6) is 0.156. The van der Waals surface area contributed by atoms with Crippen molar-refractivity contribution in [3.8, 4) is 5.75 Å². The molecule has 1 aliphatic heterocycles. The predicted molar refractivity (Wildman–Crippen MR) is 111 cm³/mol. The average molecular weight is 426 g/mol. The Morgan fingerprint density at radius 1 is 0.967 bits per heavy atom. The molecule has 8 heteroatoms. The molecular formula is C22H35NO7. The Kier molecular flexibility index (Phi) is 10.5. The fourth-order valence-electron chi connectivity index (χ4n) is 3.39. The molecule has 1 saturated heterocycles. The standard InChI is InChI=1S/C22H35NO7/c1-2-3-4-5-6-7-8-13-29-16-11-9-15(10-12-16)21(28)23-22-20(27)19(26)18(25)17(14-24)30-22/h9-12,17-20,22,24-27H,2-8,13-14H2,1H3,(H,23,28)/t17-,18-,19+,20-,22-/m1/s1. The van der Waals surface area contributed by atoms with E-state index in [1.807, 2.05) is 0 Å². The predicted octanol–water partition coefficient (Wildman–Crippen LogP) is 1.35. The van der Waals surface area contributed by atoms with Gasteiger partial charge in [0.15, 0.2) is 6.23 Å². The van der Waals surface area contributed by atoms with Crippen LogP contribution in [0.15, 0.2) is 24.3 Å². The lowest BCUT2D eigenvalue weighted by atomic mass is 9.98. The molecule has 0 aliphatic carbocycles. The van der Waals surface area contributed by atoms with Gasteiger partial charge in [0.05, 0.1) is 13.2 Å². The molecule has 0 unspecified atom stereocenters. The minimum Gasteiger partial charge on any atom is -0.494 e. The van der Waals surface area contributed by atoms with Gasteiger partial charge in [0, 0.05) is 5.56 Å². The van der Waals surface area contributed by atoms with E-state index in [2.05, 4.69) is 12.2 Å². The molecule has 170 valence electrons. The molecule has 5 N–H and O–H groups in total. The van der Waals surface area contributed by atoms with Gasteiger partial charge in [-0.15, -0.1) is 0 Å². The Morgan fingerprint density at radius 2 is 1.60 bits per heavy atom. The van der Waals surface area contributed by atoms with E-state index < -0.39 is 43.2 Å². The first-order chi connectivity index (χ1) is 14.5. The number of nitrogens with one attached hydrogen (secondary N) is 1. The zero-order chi connectivity index (χ0) is 21.9. The van der Waals surface area contributed by atoms with E-state index in [0.717, 1.165) is 12.8 Å². The van der Waals surface area contributed by atoms with E-state index in [1.54, 1.807) is 24.3 Å². The second-order valence-corrected chi connectivity index (χ2v) is 7.72. The maximum absolute atomic E-state index is 12.4. The first kappa shape index (κ1) is 24.6. The van der Waals surface area contributed by atoms with Gasteiger partial charge in [-0.3, -0.25) is 4.79 Å². The molecule has 1 amide bonds. The number of amides is 1. The molecular weight excluding hydrogens is 390 g/mol. The SMILES string of the molecule is CCCCCCCCCOc1ccc(C(=O)N[C@@H]2O[C@H](CO)[C@@H](O)[C@H](O)[C@H]2O)cc1. The summed E-state index contributed by atoms with van der Waals surface area (Å²) in [6.07, 6.45) is 1.63. The number of carbonyl (C=O) groups is 1. The molecule has 0 aromatic heterocycles. The second-order valence-electron chi connectivity index (χ2n) is 7.72. The number of aliphatic hydroxyl groups is 4. The van der Waals surface area contributed by atoms with Crippen LogP contribution in [-0.2, 0) is 4.74 Å². The molecule has 1 aromatic carbocycles. The number of hydrogen-bond acceptors (Lipinski definition) is 7. The highest BCUT2D eigenvalue weighted by Gasteiger charge is 2.44. The highest BCUT2D eigenvalue weighted by molar-refractivity contribution is 5.94. The van der Waals surface area contributed by atoms with Crippen molar-refractivity contribution in [3.05, 3.63) is 29.8 Å². The van der Waals surface area contributed by atoms with Gasteiger partial charge in [0.2, 0.25) is 0 Å². The molecule has 8 nitrogen and oxygen atoms in total. The van der Waals surface area contributed by atoms with E-state index >= 15 is 0 Å². The highest BCUT2D eigenvalue weighted by atomic mass is 16.6. The first-order valence-corrected chi connectivity index (χ1v) is 10.8. The number of hydrogen-bond donors (Lipinski definition) is 5. The van der Waals surface area contributed by atoms with Gasteiger partial charge in [-0.2, -0.15) is 0 Å². The summed E-state index contributed by atoms with van der Waals surface area (Å²) in [6.45, 7) is 2.28. The van der Waals surface area contributed by atoms with Gasteiger partial charge in [0.1, 0.15) is 30.2 Å². The molecule has 1 aliphatic rings. The Hall–Kier alpha value is -1.71. The number of carbonyl (C=O) groups excluding carboxylic acids is 1. The average Bonchev–Trinajstić information content (AvgIpc) is 2.76. The third-order valence-electron chi connectivity index (χ3n) is 5.30. The largest absolute Gasteiger partial charge is 0.494 e. The van der Waals surface area contributed by atoms with Crippen molar-refractivity contribution in [2.24, 2.45) is 0 Å². The Balaban J connectivity index is 1.75. The minimum absolute atomic E-state index is 0.329. The monoisotopic (exact) mass is 425 g/mol. The van der Waals surface area contributed by atoms with Crippen molar-refractivity contribution in [3.63, 3.8) is 0 Å². The van der Waals surface area contributed by atoms with E-state index in [4.69, 9.17) is 9.47 Å². The van der Waals surface area contributed by atoms with Crippen LogP contribution in [0.5, 0.6) is 5.75 Å². The third kappa shape index (κ3) is 7.21. The van der Waals surface area contributed by atoms with Crippen LogP contribution < -0.4 is 10.1 Å². The molecule has 1 fully saturated rings. The van der Waals surface area contributed by atoms with E-state index in [1.165, 1.54) is 32.1 Å². The minimum atomic E-state index is -1.54. The summed E-state index contributed by atoms with van der Waals surface area (Å²) < 4.78 is 11.0. The van der Waals surface area contributed by atoms with Crippen molar-refractivity contribution in [2.45, 2.75) is 82.5 Å². The van der Waals surface area contributed by atoms with Crippen LogP contribution in [0.4, 0.5) is 0 Å². The zero-order valence-corrected chi connectivity index (χ0v) is 17.6. The number of unbranched alkanes of at least 4 members (excludes halogenated alkanes) is 6. The van der Waals surface area contributed by atoms with Crippen LogP contribution in [0.3, 0.4) is 0 Å². The lowest BCUT2D eigenvalue weighted by Crippen LogP contribution is -2.63.